The van der Waals surface area contributed by atoms with Crippen LogP contribution in [0.25, 0.3) is 0 Å². The van der Waals surface area contributed by atoms with E-state index in [0.29, 0.717) is 13.2 Å². The fourth-order valence-electron chi connectivity index (χ4n) is 1.43. The molecule has 0 aliphatic rings. The minimum Gasteiger partial charge on any atom is -0.484 e. The Morgan fingerprint density at radius 2 is 2.00 bits per heavy atom. The van der Waals surface area contributed by atoms with Gasteiger partial charge in [-0.2, -0.15) is 0 Å². The average Bonchev–Trinajstić information content (AvgIpc) is 2.31. The molecule has 1 aromatic carbocycles. The normalized spacial score (nSPS) is 12.8. The summed E-state index contributed by atoms with van der Waals surface area (Å²) >= 11 is 0. The zero-order valence-corrected chi connectivity index (χ0v) is 10.9. The quantitative estimate of drug-likeness (QED) is 0.815. The van der Waals surface area contributed by atoms with Crippen LogP contribution < -0.4 is 10.1 Å². The molecule has 1 N–H and O–H groups in total. The van der Waals surface area contributed by atoms with Gasteiger partial charge in [0.25, 0.3) is 0 Å². The molecule has 0 aromatic heterocycles. The first kappa shape index (κ1) is 14.9. The molecule has 0 fully saturated rings. The molecule has 1 atom stereocenters. The predicted octanol–water partition coefficient (Wildman–Crippen LogP) is 2.36. The average molecular weight is 259 g/mol. The van der Waals surface area contributed by atoms with Crippen LogP contribution in [0.5, 0.6) is 5.75 Å². The molecule has 0 aliphatic heterocycles. The van der Waals surface area contributed by atoms with Crippen molar-refractivity contribution in [3.05, 3.63) is 29.8 Å². The van der Waals surface area contributed by atoms with Crippen molar-refractivity contribution in [1.82, 2.24) is 5.32 Å². The van der Waals surface area contributed by atoms with E-state index >= 15 is 0 Å². The van der Waals surface area contributed by atoms with Crippen LogP contribution in [0.15, 0.2) is 18.2 Å². The summed E-state index contributed by atoms with van der Waals surface area (Å²) in [5.41, 5.74) is 0. The van der Waals surface area contributed by atoms with Crippen molar-refractivity contribution in [3.63, 3.8) is 0 Å². The van der Waals surface area contributed by atoms with Gasteiger partial charge in [-0.25, -0.2) is 8.78 Å². The molecule has 1 rings (SSSR count). The Balaban J connectivity index is 2.66. The Kier molecular flexibility index (Phi) is 6.01. The molecule has 0 aliphatic carbocycles. The maximum Gasteiger partial charge on any atom is 0.165 e. The Morgan fingerprint density at radius 1 is 1.28 bits per heavy atom. The monoisotopic (exact) mass is 259 g/mol. The maximum absolute atomic E-state index is 13.4. The largest absolute Gasteiger partial charge is 0.484 e. The highest BCUT2D eigenvalue weighted by atomic mass is 19.1. The van der Waals surface area contributed by atoms with Gasteiger partial charge in [-0.05, 0) is 12.1 Å². The molecule has 0 heterocycles. The number of halogens is 2. The third kappa shape index (κ3) is 4.98. The molecule has 3 nitrogen and oxygen atoms in total. The van der Waals surface area contributed by atoms with Gasteiger partial charge in [-0.15, -0.1) is 0 Å². The number of nitrogens with one attached hydrogen (secondary N) is 1. The third-order valence-electron chi connectivity index (χ3n) is 2.29. The van der Waals surface area contributed by atoms with E-state index in [-0.39, 0.29) is 17.9 Å². The SMILES string of the molecule is COCC(CNC(C)C)Oc1cc(F)ccc1F. The van der Waals surface area contributed by atoms with Gasteiger partial charge in [-0.1, -0.05) is 13.8 Å². The second-order valence-corrected chi connectivity index (χ2v) is 4.33. The summed E-state index contributed by atoms with van der Waals surface area (Å²) in [6, 6.07) is 3.42. The van der Waals surface area contributed by atoms with Gasteiger partial charge >= 0.3 is 0 Å². The van der Waals surface area contributed by atoms with Gasteiger partial charge in [0.1, 0.15) is 11.9 Å². The molecular weight excluding hydrogens is 240 g/mol. The lowest BCUT2D eigenvalue weighted by molar-refractivity contribution is 0.0764. The van der Waals surface area contributed by atoms with Crippen LogP contribution >= 0.6 is 0 Å². The highest BCUT2D eigenvalue weighted by molar-refractivity contribution is 5.25. The van der Waals surface area contributed by atoms with Crippen LogP contribution in [-0.2, 0) is 4.74 Å². The molecule has 1 unspecified atom stereocenters. The first-order chi connectivity index (χ1) is 8.52. The van der Waals surface area contributed by atoms with Gasteiger partial charge < -0.3 is 14.8 Å². The van der Waals surface area contributed by atoms with E-state index in [1.807, 2.05) is 13.8 Å². The zero-order chi connectivity index (χ0) is 13.5. The fraction of sp³-hybridized carbons (Fsp3) is 0.538. The number of methoxy groups -OCH3 is 1. The number of rotatable bonds is 7. The summed E-state index contributed by atoms with van der Waals surface area (Å²) in [6.45, 7) is 4.79. The van der Waals surface area contributed by atoms with Crippen molar-refractivity contribution in [1.29, 1.82) is 0 Å². The summed E-state index contributed by atoms with van der Waals surface area (Å²) in [7, 11) is 1.54. The first-order valence-electron chi connectivity index (χ1n) is 5.87. The summed E-state index contributed by atoms with van der Waals surface area (Å²) in [5.74, 6) is -1.20. The number of hydrogen-bond donors (Lipinski definition) is 1. The van der Waals surface area contributed by atoms with Crippen LogP contribution in [-0.4, -0.2) is 32.4 Å². The van der Waals surface area contributed by atoms with E-state index < -0.39 is 11.6 Å². The van der Waals surface area contributed by atoms with Crippen molar-refractivity contribution in [3.8, 4) is 5.75 Å². The van der Waals surface area contributed by atoms with Crippen LogP contribution in [0.3, 0.4) is 0 Å². The van der Waals surface area contributed by atoms with Gasteiger partial charge in [0.05, 0.1) is 6.61 Å². The molecule has 0 radical (unpaired) electrons. The standard InChI is InChI=1S/C13H19F2NO2/c1-9(2)16-7-11(8-17-3)18-13-6-10(14)4-5-12(13)15/h4-6,9,11,16H,7-8H2,1-3H3. The summed E-state index contributed by atoms with van der Waals surface area (Å²) in [4.78, 5) is 0. The Bertz CT molecular complexity index is 372. The third-order valence-corrected chi connectivity index (χ3v) is 2.29. The smallest absolute Gasteiger partial charge is 0.165 e. The van der Waals surface area contributed by atoms with Gasteiger partial charge in [0.15, 0.2) is 11.6 Å². The lowest BCUT2D eigenvalue weighted by Crippen LogP contribution is -2.38. The van der Waals surface area contributed by atoms with Crippen molar-refractivity contribution >= 4 is 0 Å². The molecule has 0 spiro atoms. The molecule has 5 heteroatoms. The van der Waals surface area contributed by atoms with Crippen LogP contribution in [0.2, 0.25) is 0 Å². The van der Waals surface area contributed by atoms with E-state index in [1.165, 1.54) is 7.11 Å². The highest BCUT2D eigenvalue weighted by Gasteiger charge is 2.14. The molecule has 102 valence electrons. The Labute approximate surface area is 106 Å². The summed E-state index contributed by atoms with van der Waals surface area (Å²) < 4.78 is 36.8. The highest BCUT2D eigenvalue weighted by Crippen LogP contribution is 2.19. The zero-order valence-electron chi connectivity index (χ0n) is 10.9. The number of ether oxygens (including phenoxy) is 2. The van der Waals surface area contributed by atoms with Gasteiger partial charge in [0.2, 0.25) is 0 Å². The molecule has 0 saturated carbocycles. The summed E-state index contributed by atoms with van der Waals surface area (Å²) in [5, 5.41) is 3.16. The molecule has 0 amide bonds. The summed E-state index contributed by atoms with van der Waals surface area (Å²) in [6.07, 6.45) is -0.367. The van der Waals surface area contributed by atoms with Crippen molar-refractivity contribution in [2.75, 3.05) is 20.3 Å². The van der Waals surface area contributed by atoms with E-state index in [0.717, 1.165) is 18.2 Å². The molecule has 0 bridgehead atoms. The minimum atomic E-state index is -0.581. The Hall–Kier alpha value is -1.20. The van der Waals surface area contributed by atoms with Crippen molar-refractivity contribution in [2.45, 2.75) is 26.0 Å². The van der Waals surface area contributed by atoms with Crippen LogP contribution in [0, 0.1) is 11.6 Å². The van der Waals surface area contributed by atoms with Crippen LogP contribution in [0.1, 0.15) is 13.8 Å². The van der Waals surface area contributed by atoms with E-state index in [4.69, 9.17) is 9.47 Å². The van der Waals surface area contributed by atoms with Crippen LogP contribution in [0.4, 0.5) is 8.78 Å². The predicted molar refractivity (Wildman–Crippen MR) is 65.8 cm³/mol. The fourth-order valence-corrected chi connectivity index (χ4v) is 1.43. The van der Waals surface area contributed by atoms with E-state index in [9.17, 15) is 8.78 Å². The van der Waals surface area contributed by atoms with Gasteiger partial charge in [0, 0.05) is 25.8 Å². The lowest BCUT2D eigenvalue weighted by Gasteiger charge is -2.20. The molecule has 0 saturated heterocycles. The number of hydrogen-bond acceptors (Lipinski definition) is 3. The Morgan fingerprint density at radius 3 is 2.61 bits per heavy atom. The van der Waals surface area contributed by atoms with E-state index in [1.54, 1.807) is 0 Å². The molecular formula is C13H19F2NO2. The first-order valence-corrected chi connectivity index (χ1v) is 5.87. The minimum absolute atomic E-state index is 0.0948. The number of benzene rings is 1. The lowest BCUT2D eigenvalue weighted by atomic mass is 10.3. The van der Waals surface area contributed by atoms with E-state index in [2.05, 4.69) is 5.32 Å². The molecule has 1 aromatic rings. The second-order valence-electron chi connectivity index (χ2n) is 4.33. The maximum atomic E-state index is 13.4. The molecule has 18 heavy (non-hydrogen) atoms. The second kappa shape index (κ2) is 7.28. The van der Waals surface area contributed by atoms with Crippen molar-refractivity contribution < 1.29 is 18.3 Å². The van der Waals surface area contributed by atoms with Gasteiger partial charge in [-0.3, -0.25) is 0 Å². The van der Waals surface area contributed by atoms with Crippen molar-refractivity contribution in [2.24, 2.45) is 0 Å². The topological polar surface area (TPSA) is 30.5 Å².